The molecule has 0 aliphatic rings. The van der Waals surface area contributed by atoms with Crippen LogP contribution in [0.25, 0.3) is 11.5 Å². The highest BCUT2D eigenvalue weighted by Crippen LogP contribution is 2.23. The predicted octanol–water partition coefficient (Wildman–Crippen LogP) is 6.63. The maximum atomic E-state index is 13.3. The van der Waals surface area contributed by atoms with Crippen LogP contribution >= 0.6 is 0 Å². The molecule has 3 aromatic carbocycles. The number of esters is 1. The smallest absolute Gasteiger partial charge is 0.306 e. The van der Waals surface area contributed by atoms with E-state index in [1.165, 1.54) is 12.1 Å². The molecule has 0 unspecified atom stereocenters. The van der Waals surface area contributed by atoms with E-state index in [2.05, 4.69) is 10.1 Å². The first-order chi connectivity index (χ1) is 18.5. The highest BCUT2D eigenvalue weighted by molar-refractivity contribution is 6.01. The van der Waals surface area contributed by atoms with E-state index >= 15 is 0 Å². The van der Waals surface area contributed by atoms with E-state index in [9.17, 15) is 9.18 Å². The molecule has 0 saturated carbocycles. The van der Waals surface area contributed by atoms with Gasteiger partial charge in [-0.15, -0.1) is 0 Å². The lowest BCUT2D eigenvalue weighted by Gasteiger charge is -2.08. The Hall–Kier alpha value is -4.46. The first-order valence-corrected chi connectivity index (χ1v) is 12.4. The van der Waals surface area contributed by atoms with E-state index in [0.717, 1.165) is 16.8 Å². The van der Waals surface area contributed by atoms with Crippen LogP contribution in [-0.4, -0.2) is 23.3 Å². The number of benzene rings is 3. The van der Waals surface area contributed by atoms with Crippen molar-refractivity contribution in [1.29, 1.82) is 0 Å². The van der Waals surface area contributed by atoms with Crippen LogP contribution < -0.4 is 4.74 Å². The molecule has 4 aromatic rings. The lowest BCUT2D eigenvalue weighted by Crippen LogP contribution is -2.09. The van der Waals surface area contributed by atoms with Gasteiger partial charge < -0.3 is 18.7 Å². The Labute approximate surface area is 220 Å². The second kappa shape index (κ2) is 13.2. The molecule has 196 valence electrons. The van der Waals surface area contributed by atoms with Crippen molar-refractivity contribution in [1.82, 2.24) is 4.98 Å². The minimum absolute atomic E-state index is 0.150. The molecule has 0 aliphatic heterocycles. The summed E-state index contributed by atoms with van der Waals surface area (Å²) in [6.07, 6.45) is 0.460. The Kier molecular flexibility index (Phi) is 9.23. The van der Waals surface area contributed by atoms with E-state index in [0.29, 0.717) is 41.7 Å². The highest BCUT2D eigenvalue weighted by Gasteiger charge is 2.12. The summed E-state index contributed by atoms with van der Waals surface area (Å²) in [7, 11) is 0. The molecule has 1 aromatic heterocycles. The van der Waals surface area contributed by atoms with Crippen LogP contribution in [-0.2, 0) is 27.6 Å². The molecule has 0 amide bonds. The molecule has 0 fully saturated rings. The third-order valence-electron chi connectivity index (χ3n) is 5.67. The minimum atomic E-state index is -0.350. The van der Waals surface area contributed by atoms with Gasteiger partial charge in [-0.25, -0.2) is 9.37 Å². The van der Waals surface area contributed by atoms with Gasteiger partial charge in [0, 0.05) is 12.0 Å². The number of halogens is 1. The van der Waals surface area contributed by atoms with Crippen molar-refractivity contribution >= 4 is 11.7 Å². The van der Waals surface area contributed by atoms with Gasteiger partial charge in [0.15, 0.2) is 0 Å². The molecule has 0 saturated heterocycles. The average Bonchev–Trinajstić information content (AvgIpc) is 3.31. The second-order valence-corrected chi connectivity index (χ2v) is 8.44. The van der Waals surface area contributed by atoms with Crippen LogP contribution in [0.2, 0.25) is 0 Å². The summed E-state index contributed by atoms with van der Waals surface area (Å²) < 4.78 is 30.0. The molecule has 8 heteroatoms. The first-order valence-electron chi connectivity index (χ1n) is 12.4. The Morgan fingerprint density at radius 3 is 2.39 bits per heavy atom. The molecule has 0 N–H and O–H groups in total. The Morgan fingerprint density at radius 2 is 1.68 bits per heavy atom. The standard InChI is InChI=1S/C30H29FN2O5/c1-3-35-29(34)18-17-27(23-11-13-25(31)14-12-23)33-37-19-22-9-15-26(16-10-22)36-20-28-21(2)38-30(32-28)24-7-5-4-6-8-24/h4-16H,3,17-20H2,1-2H3/b33-27+. The Morgan fingerprint density at radius 1 is 0.947 bits per heavy atom. The molecule has 0 atom stereocenters. The Balaban J connectivity index is 1.33. The fraction of sp³-hybridized carbons (Fsp3) is 0.233. The maximum Gasteiger partial charge on any atom is 0.306 e. The van der Waals surface area contributed by atoms with E-state index in [4.69, 9.17) is 18.7 Å². The number of aromatic nitrogens is 1. The zero-order chi connectivity index (χ0) is 26.7. The van der Waals surface area contributed by atoms with Crippen molar-refractivity contribution in [2.45, 2.75) is 39.9 Å². The average molecular weight is 517 g/mol. The fourth-order valence-corrected chi connectivity index (χ4v) is 3.62. The van der Waals surface area contributed by atoms with Gasteiger partial charge in [-0.2, -0.15) is 0 Å². The summed E-state index contributed by atoms with van der Waals surface area (Å²) in [5, 5.41) is 4.22. The highest BCUT2D eigenvalue weighted by atomic mass is 19.1. The third-order valence-corrected chi connectivity index (χ3v) is 5.67. The summed E-state index contributed by atoms with van der Waals surface area (Å²) in [4.78, 5) is 21.9. The predicted molar refractivity (Wildman–Crippen MR) is 141 cm³/mol. The van der Waals surface area contributed by atoms with Gasteiger partial charge >= 0.3 is 5.97 Å². The molecule has 1 heterocycles. The minimum Gasteiger partial charge on any atom is -0.487 e. The number of ether oxygens (including phenoxy) is 2. The Bertz CT molecular complexity index is 1350. The van der Waals surface area contributed by atoms with Gasteiger partial charge in [0.1, 0.15) is 36.2 Å². The summed E-state index contributed by atoms with van der Waals surface area (Å²) in [6, 6.07) is 23.1. The summed E-state index contributed by atoms with van der Waals surface area (Å²) in [5.74, 6) is 1.29. The quantitative estimate of drug-likeness (QED) is 0.119. The van der Waals surface area contributed by atoms with E-state index in [-0.39, 0.29) is 31.4 Å². The van der Waals surface area contributed by atoms with Gasteiger partial charge in [0.2, 0.25) is 5.89 Å². The summed E-state index contributed by atoms with van der Waals surface area (Å²) in [6.45, 7) is 4.43. The second-order valence-electron chi connectivity index (χ2n) is 8.44. The zero-order valence-corrected chi connectivity index (χ0v) is 21.4. The van der Waals surface area contributed by atoms with Gasteiger partial charge in [0.25, 0.3) is 0 Å². The number of aryl methyl sites for hydroxylation is 1. The summed E-state index contributed by atoms with van der Waals surface area (Å²) >= 11 is 0. The van der Waals surface area contributed by atoms with E-state index in [1.807, 2.05) is 61.5 Å². The molecule has 0 bridgehead atoms. The fourth-order valence-electron chi connectivity index (χ4n) is 3.62. The van der Waals surface area contributed by atoms with Gasteiger partial charge in [-0.1, -0.05) is 47.6 Å². The van der Waals surface area contributed by atoms with Crippen LogP contribution in [0.1, 0.15) is 42.3 Å². The van der Waals surface area contributed by atoms with Gasteiger partial charge in [-0.05, 0) is 61.4 Å². The summed E-state index contributed by atoms with van der Waals surface area (Å²) in [5.41, 5.74) is 3.75. The maximum absolute atomic E-state index is 13.3. The van der Waals surface area contributed by atoms with Crippen LogP contribution in [0.5, 0.6) is 5.75 Å². The molecular weight excluding hydrogens is 487 g/mol. The number of rotatable bonds is 12. The molecule has 7 nitrogen and oxygen atoms in total. The van der Waals surface area contributed by atoms with Crippen LogP contribution in [0.3, 0.4) is 0 Å². The number of oxazole rings is 1. The number of carbonyl (C=O) groups excluding carboxylic acids is 1. The molecule has 0 spiro atoms. The molecule has 38 heavy (non-hydrogen) atoms. The third kappa shape index (κ3) is 7.52. The topological polar surface area (TPSA) is 83.2 Å². The molecular formula is C30H29FN2O5. The van der Waals surface area contributed by atoms with Crippen LogP contribution in [0.4, 0.5) is 4.39 Å². The largest absolute Gasteiger partial charge is 0.487 e. The zero-order valence-electron chi connectivity index (χ0n) is 21.4. The molecule has 0 radical (unpaired) electrons. The van der Waals surface area contributed by atoms with Gasteiger partial charge in [0.05, 0.1) is 18.7 Å². The normalized spacial score (nSPS) is 11.3. The van der Waals surface area contributed by atoms with Crippen molar-refractivity contribution in [3.05, 3.63) is 107 Å². The number of oxime groups is 1. The lowest BCUT2D eigenvalue weighted by molar-refractivity contribution is -0.142. The number of hydrogen-bond donors (Lipinski definition) is 0. The first kappa shape index (κ1) is 26.6. The van der Waals surface area contributed by atoms with Crippen molar-refractivity contribution < 1.29 is 27.9 Å². The number of nitrogens with zero attached hydrogens (tertiary/aromatic N) is 2. The van der Waals surface area contributed by atoms with E-state index < -0.39 is 0 Å². The molecule has 0 aliphatic carbocycles. The van der Waals surface area contributed by atoms with Crippen molar-refractivity contribution in [3.8, 4) is 17.2 Å². The monoisotopic (exact) mass is 516 g/mol. The van der Waals surface area contributed by atoms with Crippen molar-refractivity contribution in [2.24, 2.45) is 5.16 Å². The van der Waals surface area contributed by atoms with Crippen LogP contribution in [0, 0.1) is 12.7 Å². The molecule has 4 rings (SSSR count). The van der Waals surface area contributed by atoms with Crippen molar-refractivity contribution in [2.75, 3.05) is 6.61 Å². The van der Waals surface area contributed by atoms with E-state index in [1.54, 1.807) is 19.1 Å². The lowest BCUT2D eigenvalue weighted by atomic mass is 10.1. The SMILES string of the molecule is CCOC(=O)CC/C(=N\OCc1ccc(OCc2nc(-c3ccccc3)oc2C)cc1)c1ccc(F)cc1. The van der Waals surface area contributed by atoms with Crippen LogP contribution in [0.15, 0.2) is 88.4 Å². The van der Waals surface area contributed by atoms with Crippen molar-refractivity contribution in [3.63, 3.8) is 0 Å². The number of carbonyl (C=O) groups is 1. The number of hydrogen-bond acceptors (Lipinski definition) is 7. The van der Waals surface area contributed by atoms with Gasteiger partial charge in [-0.3, -0.25) is 4.79 Å².